The number of amides is 1. The van der Waals surface area contributed by atoms with Crippen LogP contribution < -0.4 is 5.32 Å². The summed E-state index contributed by atoms with van der Waals surface area (Å²) >= 11 is 0. The Morgan fingerprint density at radius 2 is 2.15 bits per heavy atom. The van der Waals surface area contributed by atoms with E-state index in [0.29, 0.717) is 17.8 Å². The topological polar surface area (TPSA) is 91.3 Å². The van der Waals surface area contributed by atoms with E-state index in [-0.39, 0.29) is 17.3 Å². The highest BCUT2D eigenvalue weighted by molar-refractivity contribution is 6.15. The van der Waals surface area contributed by atoms with Gasteiger partial charge in [0, 0.05) is 16.8 Å². The molecular formula is C20H14N4O2. The van der Waals surface area contributed by atoms with Crippen LogP contribution in [0.3, 0.4) is 0 Å². The van der Waals surface area contributed by atoms with Crippen LogP contribution in [0.25, 0.3) is 0 Å². The Kier molecular flexibility index (Phi) is 3.82. The number of furan rings is 1. The Hall–Kier alpha value is -3.72. The van der Waals surface area contributed by atoms with Crippen LogP contribution in [-0.4, -0.2) is 16.6 Å². The molecule has 0 saturated carbocycles. The summed E-state index contributed by atoms with van der Waals surface area (Å²) in [6.45, 7) is 2.39. The van der Waals surface area contributed by atoms with Crippen molar-refractivity contribution in [1.82, 2.24) is 4.98 Å². The average molecular weight is 342 g/mol. The zero-order valence-corrected chi connectivity index (χ0v) is 14.0. The lowest BCUT2D eigenvalue weighted by Gasteiger charge is -2.09. The van der Waals surface area contributed by atoms with Crippen molar-refractivity contribution >= 4 is 17.3 Å². The highest BCUT2D eigenvalue weighted by Crippen LogP contribution is 2.26. The first-order chi connectivity index (χ1) is 12.7. The van der Waals surface area contributed by atoms with Crippen LogP contribution in [0.5, 0.6) is 0 Å². The zero-order chi connectivity index (χ0) is 18.1. The molecule has 0 fully saturated rings. The van der Waals surface area contributed by atoms with E-state index in [1.54, 1.807) is 31.6 Å². The minimum absolute atomic E-state index is 0.212. The molecule has 6 nitrogen and oxygen atoms in total. The number of aryl methyl sites for hydroxylation is 1. The predicted molar refractivity (Wildman–Crippen MR) is 96.1 cm³/mol. The molecule has 3 heterocycles. The van der Waals surface area contributed by atoms with Crippen LogP contribution in [-0.2, 0) is 6.54 Å². The van der Waals surface area contributed by atoms with E-state index in [4.69, 9.17) is 9.68 Å². The Bertz CT molecular complexity index is 1080. The van der Waals surface area contributed by atoms with Gasteiger partial charge in [-0.2, -0.15) is 5.26 Å². The fourth-order valence-corrected chi connectivity index (χ4v) is 2.92. The monoisotopic (exact) mass is 342 g/mol. The molecule has 1 aromatic carbocycles. The number of hydrogen-bond donors (Lipinski definition) is 1. The van der Waals surface area contributed by atoms with Gasteiger partial charge in [0.2, 0.25) is 0 Å². The van der Waals surface area contributed by atoms with Crippen LogP contribution in [0.2, 0.25) is 0 Å². The van der Waals surface area contributed by atoms with Crippen molar-refractivity contribution in [2.24, 2.45) is 4.99 Å². The molecular weight excluding hydrogens is 328 g/mol. The first-order valence-corrected chi connectivity index (χ1v) is 8.05. The molecule has 26 heavy (non-hydrogen) atoms. The van der Waals surface area contributed by atoms with Gasteiger partial charge in [0.1, 0.15) is 17.5 Å². The number of fused-ring (bicyclic) bond motifs is 1. The van der Waals surface area contributed by atoms with Gasteiger partial charge in [0.25, 0.3) is 5.91 Å². The van der Waals surface area contributed by atoms with E-state index in [1.165, 1.54) is 0 Å². The van der Waals surface area contributed by atoms with Crippen molar-refractivity contribution in [3.8, 4) is 6.07 Å². The molecule has 0 unspecified atom stereocenters. The SMILES string of the molecule is Cc1ccc(C#N)nc1C(=O)Nc1ccc2c(c1)C(c1ccoc1)=NC2. The molecule has 0 atom stereocenters. The van der Waals surface area contributed by atoms with Crippen molar-refractivity contribution in [2.75, 3.05) is 5.32 Å². The summed E-state index contributed by atoms with van der Waals surface area (Å²) < 4.78 is 5.14. The second-order valence-corrected chi connectivity index (χ2v) is 5.98. The molecule has 1 N–H and O–H groups in total. The number of aliphatic imine (C=N–C) groups is 1. The van der Waals surface area contributed by atoms with Gasteiger partial charge < -0.3 is 9.73 Å². The van der Waals surface area contributed by atoms with E-state index >= 15 is 0 Å². The van der Waals surface area contributed by atoms with E-state index in [1.807, 2.05) is 30.3 Å². The lowest BCUT2D eigenvalue weighted by molar-refractivity contribution is 0.102. The third-order valence-corrected chi connectivity index (χ3v) is 4.25. The smallest absolute Gasteiger partial charge is 0.274 e. The number of carbonyl (C=O) groups is 1. The number of carbonyl (C=O) groups excluding carboxylic acids is 1. The Labute approximate surface area is 149 Å². The molecule has 1 aliphatic rings. The van der Waals surface area contributed by atoms with Gasteiger partial charge in [-0.3, -0.25) is 9.79 Å². The number of benzene rings is 1. The summed E-state index contributed by atoms with van der Waals surface area (Å²) in [7, 11) is 0. The molecule has 3 aromatic rings. The number of rotatable bonds is 3. The maximum absolute atomic E-state index is 12.6. The van der Waals surface area contributed by atoms with Gasteiger partial charge in [-0.1, -0.05) is 12.1 Å². The Morgan fingerprint density at radius 1 is 1.27 bits per heavy atom. The Balaban J connectivity index is 1.63. The third-order valence-electron chi connectivity index (χ3n) is 4.25. The van der Waals surface area contributed by atoms with Gasteiger partial charge in [0.05, 0.1) is 24.8 Å². The molecule has 126 valence electrons. The minimum atomic E-state index is -0.348. The van der Waals surface area contributed by atoms with Crippen molar-refractivity contribution in [2.45, 2.75) is 13.5 Å². The number of nitrogens with one attached hydrogen (secondary N) is 1. The first-order valence-electron chi connectivity index (χ1n) is 8.05. The largest absolute Gasteiger partial charge is 0.472 e. The van der Waals surface area contributed by atoms with Crippen molar-refractivity contribution in [3.05, 3.63) is 82.6 Å². The Morgan fingerprint density at radius 3 is 2.92 bits per heavy atom. The number of anilines is 1. The van der Waals surface area contributed by atoms with Gasteiger partial charge in [-0.25, -0.2) is 4.98 Å². The summed E-state index contributed by atoms with van der Waals surface area (Å²) in [6.07, 6.45) is 3.26. The van der Waals surface area contributed by atoms with E-state index in [9.17, 15) is 4.79 Å². The van der Waals surface area contributed by atoms with Crippen LogP contribution in [0.15, 0.2) is 58.3 Å². The molecule has 0 aliphatic carbocycles. The third kappa shape index (κ3) is 2.76. The molecule has 2 aromatic heterocycles. The fraction of sp³-hybridized carbons (Fsp3) is 0.100. The van der Waals surface area contributed by atoms with Crippen molar-refractivity contribution in [3.63, 3.8) is 0 Å². The lowest BCUT2D eigenvalue weighted by atomic mass is 10.0. The number of nitrogens with zero attached hydrogens (tertiary/aromatic N) is 3. The number of nitriles is 1. The zero-order valence-electron chi connectivity index (χ0n) is 14.0. The minimum Gasteiger partial charge on any atom is -0.472 e. The highest BCUT2D eigenvalue weighted by atomic mass is 16.3. The van der Waals surface area contributed by atoms with Gasteiger partial charge in [-0.05, 0) is 42.3 Å². The maximum atomic E-state index is 12.6. The average Bonchev–Trinajstić information content (AvgIpc) is 3.31. The number of pyridine rings is 1. The van der Waals surface area contributed by atoms with Crippen molar-refractivity contribution < 1.29 is 9.21 Å². The molecule has 0 saturated heterocycles. The normalized spacial score (nSPS) is 12.2. The lowest BCUT2D eigenvalue weighted by Crippen LogP contribution is -2.16. The first kappa shape index (κ1) is 15.8. The molecule has 0 spiro atoms. The van der Waals surface area contributed by atoms with Gasteiger partial charge in [-0.15, -0.1) is 0 Å². The summed E-state index contributed by atoms with van der Waals surface area (Å²) in [5, 5.41) is 11.8. The second kappa shape index (κ2) is 6.30. The van der Waals surface area contributed by atoms with Gasteiger partial charge in [0.15, 0.2) is 0 Å². The maximum Gasteiger partial charge on any atom is 0.274 e. The molecule has 4 rings (SSSR count). The van der Waals surface area contributed by atoms with Crippen LogP contribution in [0.1, 0.15) is 38.4 Å². The summed E-state index contributed by atoms with van der Waals surface area (Å²) in [4.78, 5) is 21.2. The molecule has 0 bridgehead atoms. The van der Waals surface area contributed by atoms with Crippen LogP contribution in [0.4, 0.5) is 5.69 Å². The van der Waals surface area contributed by atoms with Crippen LogP contribution in [0, 0.1) is 18.3 Å². The summed E-state index contributed by atoms with van der Waals surface area (Å²) in [6, 6.07) is 12.8. The number of aromatic nitrogens is 1. The number of hydrogen-bond acceptors (Lipinski definition) is 5. The molecule has 1 aliphatic heterocycles. The summed E-state index contributed by atoms with van der Waals surface area (Å²) in [5.74, 6) is -0.348. The summed E-state index contributed by atoms with van der Waals surface area (Å²) in [5.41, 5.74) is 5.65. The van der Waals surface area contributed by atoms with E-state index < -0.39 is 0 Å². The van der Waals surface area contributed by atoms with Gasteiger partial charge >= 0.3 is 0 Å². The molecule has 0 radical (unpaired) electrons. The quantitative estimate of drug-likeness (QED) is 0.789. The van der Waals surface area contributed by atoms with E-state index in [0.717, 1.165) is 22.4 Å². The molecule has 6 heteroatoms. The highest BCUT2D eigenvalue weighted by Gasteiger charge is 2.20. The van der Waals surface area contributed by atoms with Crippen molar-refractivity contribution in [1.29, 1.82) is 5.26 Å². The second-order valence-electron chi connectivity index (χ2n) is 5.98. The molecule has 1 amide bonds. The standard InChI is InChI=1S/C20H14N4O2/c1-12-2-4-16(9-21)23-18(12)20(25)24-15-5-3-13-10-22-19(17(13)8-15)14-6-7-26-11-14/h2-8,11H,10H2,1H3,(H,24,25). The predicted octanol–water partition coefficient (Wildman–Crippen LogP) is 3.46. The fourth-order valence-electron chi connectivity index (χ4n) is 2.92. The van der Waals surface area contributed by atoms with Crippen LogP contribution >= 0.6 is 0 Å². The van der Waals surface area contributed by atoms with E-state index in [2.05, 4.69) is 15.3 Å².